The highest BCUT2D eigenvalue weighted by atomic mass is 35.5. The molecule has 25 heavy (non-hydrogen) atoms. The van der Waals surface area contributed by atoms with E-state index in [4.69, 9.17) is 11.6 Å². The highest BCUT2D eigenvalue weighted by Crippen LogP contribution is 2.27. The maximum Gasteiger partial charge on any atom is 0.223 e. The summed E-state index contributed by atoms with van der Waals surface area (Å²) in [6, 6.07) is 4.19. The summed E-state index contributed by atoms with van der Waals surface area (Å²) in [5.41, 5.74) is 3.99. The van der Waals surface area contributed by atoms with E-state index >= 15 is 0 Å². The van der Waals surface area contributed by atoms with Crippen molar-refractivity contribution in [3.8, 4) is 0 Å². The number of benzene rings is 1. The maximum absolute atomic E-state index is 12.0. The molecule has 1 amide bonds. The van der Waals surface area contributed by atoms with Crippen molar-refractivity contribution >= 4 is 23.6 Å². The van der Waals surface area contributed by atoms with Crippen molar-refractivity contribution in [1.29, 1.82) is 0 Å². The Morgan fingerprint density at radius 2 is 2.04 bits per heavy atom. The lowest BCUT2D eigenvalue weighted by Crippen LogP contribution is -2.29. The van der Waals surface area contributed by atoms with E-state index in [1.54, 1.807) is 0 Å². The first-order valence-corrected chi connectivity index (χ1v) is 10.1. The lowest BCUT2D eigenvalue weighted by molar-refractivity contribution is -0.124. The molecule has 1 fully saturated rings. The van der Waals surface area contributed by atoms with Crippen LogP contribution in [0, 0.1) is 5.92 Å². The number of unbranched alkanes of at least 4 members (excludes halogenated alkanes) is 1. The first-order valence-electron chi connectivity index (χ1n) is 9.71. The molecule has 0 atom stereocenters. The zero-order chi connectivity index (χ0) is 17.5. The van der Waals surface area contributed by atoms with Gasteiger partial charge in [0.1, 0.15) is 0 Å². The Bertz CT molecular complexity index is 621. The molecule has 4 heteroatoms. The highest BCUT2D eigenvalue weighted by Gasteiger charge is 2.21. The molecule has 0 aromatic heterocycles. The smallest absolute Gasteiger partial charge is 0.223 e. The van der Waals surface area contributed by atoms with Crippen LogP contribution in [0.1, 0.15) is 55.2 Å². The fourth-order valence-electron chi connectivity index (χ4n) is 3.92. The normalized spacial score (nSPS) is 18.3. The topological polar surface area (TPSA) is 41.1 Å². The molecule has 0 spiro atoms. The van der Waals surface area contributed by atoms with E-state index in [2.05, 4.69) is 28.9 Å². The van der Waals surface area contributed by atoms with Gasteiger partial charge in [-0.1, -0.05) is 42.7 Å². The van der Waals surface area contributed by atoms with Crippen LogP contribution in [0.3, 0.4) is 0 Å². The van der Waals surface area contributed by atoms with Gasteiger partial charge in [0, 0.05) is 17.5 Å². The summed E-state index contributed by atoms with van der Waals surface area (Å²) < 4.78 is 0. The average Bonchev–Trinajstić information content (AvgIpc) is 3.05. The number of halogens is 1. The van der Waals surface area contributed by atoms with Crippen LogP contribution in [-0.2, 0) is 17.6 Å². The molecule has 1 aromatic carbocycles. The van der Waals surface area contributed by atoms with Crippen LogP contribution in [0.25, 0.3) is 6.08 Å². The zero-order valence-electron chi connectivity index (χ0n) is 15.0. The molecule has 1 heterocycles. The number of carbonyl (C=O) groups excluding carboxylic acids is 1. The number of fused-ring (bicyclic) bond motifs is 1. The van der Waals surface area contributed by atoms with E-state index in [-0.39, 0.29) is 11.8 Å². The molecule has 2 N–H and O–H groups in total. The molecule has 1 aromatic rings. The number of hydrogen-bond donors (Lipinski definition) is 2. The fraction of sp³-hybridized carbons (Fsp3) is 0.571. The van der Waals surface area contributed by atoms with Gasteiger partial charge in [0.2, 0.25) is 5.91 Å². The number of amides is 1. The minimum absolute atomic E-state index is 0.255. The van der Waals surface area contributed by atoms with Gasteiger partial charge in [0.05, 0.1) is 0 Å². The van der Waals surface area contributed by atoms with Crippen molar-refractivity contribution < 1.29 is 4.79 Å². The maximum atomic E-state index is 12.0. The number of nitrogens with one attached hydrogen (secondary N) is 2. The minimum atomic E-state index is 0.255. The summed E-state index contributed by atoms with van der Waals surface area (Å²) in [6.07, 6.45) is 13.0. The monoisotopic (exact) mass is 360 g/mol. The summed E-state index contributed by atoms with van der Waals surface area (Å²) in [4.78, 5) is 12.0. The van der Waals surface area contributed by atoms with Crippen molar-refractivity contribution in [2.24, 2.45) is 5.92 Å². The Morgan fingerprint density at radius 3 is 2.88 bits per heavy atom. The van der Waals surface area contributed by atoms with E-state index in [9.17, 15) is 4.79 Å². The van der Waals surface area contributed by atoms with Crippen LogP contribution in [-0.4, -0.2) is 25.5 Å². The van der Waals surface area contributed by atoms with E-state index in [0.29, 0.717) is 0 Å². The predicted molar refractivity (Wildman–Crippen MR) is 105 cm³/mol. The van der Waals surface area contributed by atoms with Gasteiger partial charge in [0.15, 0.2) is 0 Å². The van der Waals surface area contributed by atoms with Crippen molar-refractivity contribution in [1.82, 2.24) is 10.6 Å². The van der Waals surface area contributed by atoms with Crippen molar-refractivity contribution in [2.75, 3.05) is 19.6 Å². The zero-order valence-corrected chi connectivity index (χ0v) is 15.7. The standard InChI is InChI=1S/C21H29ClN2O/c22-20-10-9-16-11-14-23-15-12-18(16)19(20)8-2-1-5-13-24-21(25)17-6-3-4-7-17/h2,8-10,17,23H,1,3-7,11-15H2,(H,24,25)/b8-2-. The Balaban J connectivity index is 1.48. The van der Waals surface area contributed by atoms with E-state index in [1.807, 2.05) is 6.07 Å². The van der Waals surface area contributed by atoms with Gasteiger partial charge in [-0.15, -0.1) is 0 Å². The van der Waals surface area contributed by atoms with Crippen LogP contribution < -0.4 is 10.6 Å². The van der Waals surface area contributed by atoms with Crippen molar-refractivity contribution in [2.45, 2.75) is 51.4 Å². The Labute approximate surface area is 156 Å². The average molecular weight is 361 g/mol. The molecule has 1 saturated carbocycles. The van der Waals surface area contributed by atoms with Gasteiger partial charge in [-0.05, 0) is 74.4 Å². The molecule has 2 aliphatic rings. The van der Waals surface area contributed by atoms with Crippen LogP contribution in [0.5, 0.6) is 0 Å². The molecule has 136 valence electrons. The van der Waals surface area contributed by atoms with Crippen molar-refractivity contribution in [3.05, 3.63) is 39.9 Å². The Kier molecular flexibility index (Phi) is 6.94. The third-order valence-electron chi connectivity index (χ3n) is 5.38. The van der Waals surface area contributed by atoms with Crippen molar-refractivity contribution in [3.63, 3.8) is 0 Å². The molecular formula is C21H29ClN2O. The van der Waals surface area contributed by atoms with Gasteiger partial charge in [-0.25, -0.2) is 0 Å². The molecule has 3 nitrogen and oxygen atoms in total. The second kappa shape index (κ2) is 9.40. The quantitative estimate of drug-likeness (QED) is 0.749. The molecule has 0 unspecified atom stereocenters. The molecule has 1 aliphatic heterocycles. The SMILES string of the molecule is O=C(NCCC/C=C\c1c(Cl)ccc2c1CCNCC2)C1CCCC1. The predicted octanol–water partition coefficient (Wildman–Crippen LogP) is 4.13. The van der Waals surface area contributed by atoms with Gasteiger partial charge in [-0.2, -0.15) is 0 Å². The molecular weight excluding hydrogens is 332 g/mol. The second-order valence-corrected chi connectivity index (χ2v) is 7.57. The lowest BCUT2D eigenvalue weighted by Gasteiger charge is -2.11. The van der Waals surface area contributed by atoms with Gasteiger partial charge < -0.3 is 10.6 Å². The molecule has 0 radical (unpaired) electrons. The third kappa shape index (κ3) is 5.08. The number of allylic oxidation sites excluding steroid dienone is 1. The fourth-order valence-corrected chi connectivity index (χ4v) is 4.16. The van der Waals surface area contributed by atoms with E-state index < -0.39 is 0 Å². The van der Waals surface area contributed by atoms with Crippen LogP contribution in [0.2, 0.25) is 5.02 Å². The second-order valence-electron chi connectivity index (χ2n) is 7.17. The summed E-state index contributed by atoms with van der Waals surface area (Å²) in [7, 11) is 0. The summed E-state index contributed by atoms with van der Waals surface area (Å²) in [6.45, 7) is 2.82. The largest absolute Gasteiger partial charge is 0.356 e. The number of carbonyl (C=O) groups is 1. The van der Waals surface area contributed by atoms with E-state index in [1.165, 1.54) is 29.5 Å². The summed E-state index contributed by atoms with van der Waals surface area (Å²) >= 11 is 6.44. The lowest BCUT2D eigenvalue weighted by atomic mass is 9.96. The van der Waals surface area contributed by atoms with Crippen LogP contribution in [0.15, 0.2) is 18.2 Å². The Hall–Kier alpha value is -1.32. The first-order chi connectivity index (χ1) is 12.3. The van der Waals surface area contributed by atoms with E-state index in [0.717, 1.165) is 63.2 Å². The van der Waals surface area contributed by atoms with Gasteiger partial charge in [0.25, 0.3) is 0 Å². The summed E-state index contributed by atoms with van der Waals surface area (Å²) in [5, 5.41) is 7.38. The first kappa shape index (κ1) is 18.5. The number of rotatable bonds is 6. The van der Waals surface area contributed by atoms with Crippen LogP contribution in [0.4, 0.5) is 0 Å². The number of hydrogen-bond acceptors (Lipinski definition) is 2. The molecule has 0 bridgehead atoms. The highest BCUT2D eigenvalue weighted by molar-refractivity contribution is 6.32. The molecule has 3 rings (SSSR count). The van der Waals surface area contributed by atoms with Gasteiger partial charge in [-0.3, -0.25) is 4.79 Å². The molecule has 0 saturated heterocycles. The minimum Gasteiger partial charge on any atom is -0.356 e. The Morgan fingerprint density at radius 1 is 1.24 bits per heavy atom. The summed E-state index contributed by atoms with van der Waals surface area (Å²) in [5.74, 6) is 0.521. The molecule has 1 aliphatic carbocycles. The van der Waals surface area contributed by atoms with Gasteiger partial charge >= 0.3 is 0 Å². The third-order valence-corrected chi connectivity index (χ3v) is 5.71. The van der Waals surface area contributed by atoms with Crippen LogP contribution >= 0.6 is 11.6 Å².